The number of fused-ring (bicyclic) bond motifs is 1. The molecule has 0 saturated carbocycles. The second-order valence-electron chi connectivity index (χ2n) is 6.03. The Bertz CT molecular complexity index is 1100. The van der Waals surface area contributed by atoms with Gasteiger partial charge in [-0.2, -0.15) is 0 Å². The molecular weight excluding hydrogens is 390 g/mol. The van der Waals surface area contributed by atoms with Crippen molar-refractivity contribution in [2.24, 2.45) is 0 Å². The van der Waals surface area contributed by atoms with Gasteiger partial charge in [0.1, 0.15) is 11.4 Å². The Morgan fingerprint density at radius 2 is 1.77 bits per heavy atom. The molecule has 0 aliphatic rings. The minimum atomic E-state index is 0.683. The summed E-state index contributed by atoms with van der Waals surface area (Å²) in [5.41, 5.74) is 4.41. The fourth-order valence-electron chi connectivity index (χ4n) is 2.75. The van der Waals surface area contributed by atoms with Gasteiger partial charge in [-0.1, -0.05) is 22.0 Å². The summed E-state index contributed by atoms with van der Waals surface area (Å²) in [6.07, 6.45) is 3.51. The number of nitrogens with zero attached hydrogens (tertiary/aromatic N) is 3. The molecule has 0 amide bonds. The van der Waals surface area contributed by atoms with Gasteiger partial charge in [-0.15, -0.1) is 0 Å². The summed E-state index contributed by atoms with van der Waals surface area (Å²) in [6, 6.07) is 15.6. The van der Waals surface area contributed by atoms with E-state index in [9.17, 15) is 0 Å². The van der Waals surface area contributed by atoms with Crippen LogP contribution < -0.4 is 4.74 Å². The van der Waals surface area contributed by atoms with Gasteiger partial charge in [0.05, 0.1) is 11.2 Å². The molecular formula is C21H16BrN3O. The maximum atomic E-state index is 6.30. The summed E-state index contributed by atoms with van der Waals surface area (Å²) >= 11 is 3.48. The molecule has 26 heavy (non-hydrogen) atoms. The van der Waals surface area contributed by atoms with Crippen LogP contribution in [0.2, 0.25) is 0 Å². The van der Waals surface area contributed by atoms with Crippen molar-refractivity contribution in [2.45, 2.75) is 13.8 Å². The molecule has 0 atom stereocenters. The predicted octanol–water partition coefficient (Wildman–Crippen LogP) is 5.86. The molecule has 0 spiro atoms. The maximum Gasteiger partial charge on any atom is 0.155 e. The number of benzene rings is 1. The van der Waals surface area contributed by atoms with E-state index in [-0.39, 0.29) is 0 Å². The highest BCUT2D eigenvalue weighted by molar-refractivity contribution is 9.10. The van der Waals surface area contributed by atoms with Gasteiger partial charge in [-0.25, -0.2) is 4.98 Å². The average molecular weight is 406 g/mol. The van der Waals surface area contributed by atoms with E-state index < -0.39 is 0 Å². The van der Waals surface area contributed by atoms with Crippen LogP contribution in [0.4, 0.5) is 0 Å². The highest BCUT2D eigenvalue weighted by atomic mass is 79.9. The first-order valence-corrected chi connectivity index (χ1v) is 9.03. The lowest BCUT2D eigenvalue weighted by Gasteiger charge is -2.14. The van der Waals surface area contributed by atoms with Crippen molar-refractivity contribution in [3.05, 3.63) is 76.7 Å². The van der Waals surface area contributed by atoms with Crippen molar-refractivity contribution in [3.8, 4) is 22.9 Å². The molecule has 5 heteroatoms. The first-order chi connectivity index (χ1) is 12.6. The third kappa shape index (κ3) is 3.18. The first-order valence-electron chi connectivity index (χ1n) is 8.23. The molecule has 1 aromatic carbocycles. The van der Waals surface area contributed by atoms with E-state index in [0.717, 1.165) is 43.8 Å². The minimum absolute atomic E-state index is 0.683. The van der Waals surface area contributed by atoms with Crippen LogP contribution in [0.15, 0.2) is 65.4 Å². The standard InChI is InChI=1S/C21H16BrN3O/c1-13-11-20(21(25-14(13)2)17-5-3-4-9-23-17)26-19-8-10-24-18-12-15(22)6-7-16(18)19/h3-12H,1-2H3. The van der Waals surface area contributed by atoms with Crippen molar-refractivity contribution < 1.29 is 4.74 Å². The van der Waals surface area contributed by atoms with E-state index in [1.807, 2.05) is 62.4 Å². The van der Waals surface area contributed by atoms with Crippen LogP contribution in [-0.4, -0.2) is 15.0 Å². The quantitative estimate of drug-likeness (QED) is 0.427. The normalized spacial score (nSPS) is 10.9. The van der Waals surface area contributed by atoms with Crippen LogP contribution in [0.3, 0.4) is 0 Å². The van der Waals surface area contributed by atoms with Crippen molar-refractivity contribution in [1.29, 1.82) is 0 Å². The van der Waals surface area contributed by atoms with Crippen molar-refractivity contribution in [3.63, 3.8) is 0 Å². The van der Waals surface area contributed by atoms with Crippen LogP contribution in [-0.2, 0) is 0 Å². The van der Waals surface area contributed by atoms with E-state index in [1.54, 1.807) is 12.4 Å². The Morgan fingerprint density at radius 3 is 2.58 bits per heavy atom. The van der Waals surface area contributed by atoms with Crippen LogP contribution in [0.5, 0.6) is 11.5 Å². The number of hydrogen-bond acceptors (Lipinski definition) is 4. The Labute approximate surface area is 160 Å². The fourth-order valence-corrected chi connectivity index (χ4v) is 3.10. The number of aromatic nitrogens is 3. The molecule has 0 saturated heterocycles. The summed E-state index contributed by atoms with van der Waals surface area (Å²) in [4.78, 5) is 13.6. The second kappa shape index (κ2) is 6.84. The second-order valence-corrected chi connectivity index (χ2v) is 6.94. The highest BCUT2D eigenvalue weighted by Crippen LogP contribution is 2.35. The molecule has 3 aromatic heterocycles. The number of ether oxygens (including phenoxy) is 1. The molecule has 0 N–H and O–H groups in total. The summed E-state index contributed by atoms with van der Waals surface area (Å²) in [5.74, 6) is 1.42. The fraction of sp³-hybridized carbons (Fsp3) is 0.0952. The number of rotatable bonds is 3. The van der Waals surface area contributed by atoms with Gasteiger partial charge >= 0.3 is 0 Å². The Morgan fingerprint density at radius 1 is 0.885 bits per heavy atom. The topological polar surface area (TPSA) is 47.9 Å². The number of aryl methyl sites for hydroxylation is 2. The SMILES string of the molecule is Cc1cc(Oc2ccnc3cc(Br)ccc23)c(-c2ccccn2)nc1C. The largest absolute Gasteiger partial charge is 0.454 e. The van der Waals surface area contributed by atoms with Crippen LogP contribution in [0.25, 0.3) is 22.3 Å². The van der Waals surface area contributed by atoms with Crippen molar-refractivity contribution in [2.75, 3.05) is 0 Å². The van der Waals surface area contributed by atoms with Crippen LogP contribution in [0.1, 0.15) is 11.3 Å². The number of hydrogen-bond donors (Lipinski definition) is 0. The zero-order chi connectivity index (χ0) is 18.1. The summed E-state index contributed by atoms with van der Waals surface area (Å²) in [7, 11) is 0. The maximum absolute atomic E-state index is 6.30. The molecule has 128 valence electrons. The van der Waals surface area contributed by atoms with Crippen LogP contribution in [0, 0.1) is 13.8 Å². The van der Waals surface area contributed by atoms with E-state index >= 15 is 0 Å². The Hall–Kier alpha value is -2.79. The zero-order valence-electron chi connectivity index (χ0n) is 14.4. The van der Waals surface area contributed by atoms with Gasteiger partial charge in [0, 0.05) is 27.9 Å². The lowest BCUT2D eigenvalue weighted by Crippen LogP contribution is -1.98. The highest BCUT2D eigenvalue weighted by Gasteiger charge is 2.14. The van der Waals surface area contributed by atoms with E-state index in [4.69, 9.17) is 9.72 Å². The molecule has 0 bridgehead atoms. The number of pyridine rings is 3. The molecule has 0 radical (unpaired) electrons. The molecule has 0 aliphatic heterocycles. The summed E-state index contributed by atoms with van der Waals surface area (Å²) < 4.78 is 7.28. The number of halogens is 1. The zero-order valence-corrected chi connectivity index (χ0v) is 16.0. The molecule has 4 nitrogen and oxygen atoms in total. The molecule has 0 aliphatic carbocycles. The Balaban J connectivity index is 1.86. The van der Waals surface area contributed by atoms with Crippen LogP contribution >= 0.6 is 15.9 Å². The molecule has 0 unspecified atom stereocenters. The smallest absolute Gasteiger partial charge is 0.155 e. The van der Waals surface area contributed by atoms with Gasteiger partial charge in [0.25, 0.3) is 0 Å². The average Bonchev–Trinajstić information content (AvgIpc) is 2.65. The van der Waals surface area contributed by atoms with Gasteiger partial charge in [0.15, 0.2) is 5.75 Å². The van der Waals surface area contributed by atoms with E-state index in [0.29, 0.717) is 5.75 Å². The summed E-state index contributed by atoms with van der Waals surface area (Å²) in [5, 5.41) is 0.945. The molecule has 3 heterocycles. The molecule has 0 fully saturated rings. The Kier molecular flexibility index (Phi) is 4.39. The third-order valence-corrected chi connectivity index (χ3v) is 4.72. The van der Waals surface area contributed by atoms with Crippen molar-refractivity contribution >= 4 is 26.8 Å². The first kappa shape index (κ1) is 16.7. The minimum Gasteiger partial charge on any atom is -0.454 e. The third-order valence-electron chi connectivity index (χ3n) is 4.22. The predicted molar refractivity (Wildman–Crippen MR) is 106 cm³/mol. The van der Waals surface area contributed by atoms with Gasteiger partial charge in [-0.3, -0.25) is 9.97 Å². The summed E-state index contributed by atoms with van der Waals surface area (Å²) in [6.45, 7) is 4.02. The van der Waals surface area contributed by atoms with Gasteiger partial charge in [0.2, 0.25) is 0 Å². The lowest BCUT2D eigenvalue weighted by atomic mass is 10.1. The van der Waals surface area contributed by atoms with Gasteiger partial charge in [-0.05, 0) is 61.9 Å². The molecule has 4 rings (SSSR count). The van der Waals surface area contributed by atoms with Gasteiger partial charge < -0.3 is 4.74 Å². The van der Waals surface area contributed by atoms with Crippen molar-refractivity contribution in [1.82, 2.24) is 15.0 Å². The molecule has 4 aromatic rings. The van der Waals surface area contributed by atoms with E-state index in [2.05, 4.69) is 25.9 Å². The van der Waals surface area contributed by atoms with E-state index in [1.165, 1.54) is 0 Å². The monoisotopic (exact) mass is 405 g/mol. The lowest BCUT2D eigenvalue weighted by molar-refractivity contribution is 0.486.